The zero-order valence-electron chi connectivity index (χ0n) is 13.2. The van der Waals surface area contributed by atoms with Crippen LogP contribution in [0.2, 0.25) is 0 Å². The largest absolute Gasteiger partial charge is 0.472 e. The van der Waals surface area contributed by atoms with Crippen LogP contribution < -0.4 is 5.32 Å². The number of aromatic nitrogens is 1. The molecule has 0 aromatic carbocycles. The van der Waals surface area contributed by atoms with Crippen LogP contribution in [0.1, 0.15) is 22.9 Å². The number of thiazole rings is 1. The summed E-state index contributed by atoms with van der Waals surface area (Å²) in [5, 5.41) is 6.31. The minimum Gasteiger partial charge on any atom is -0.472 e. The number of amides is 1. The molecule has 0 aliphatic carbocycles. The van der Waals surface area contributed by atoms with Gasteiger partial charge in [-0.3, -0.25) is 4.79 Å². The topological polar surface area (TPSA) is 58.4 Å². The monoisotopic (exact) mass is 359 g/mol. The molecule has 1 amide bonds. The number of fused-ring (bicyclic) bond motifs is 1. The number of carbonyl (C=O) groups is 1. The summed E-state index contributed by atoms with van der Waals surface area (Å²) in [5.74, 6) is 0.146. The second-order valence-corrected chi connectivity index (χ2v) is 7.77. The summed E-state index contributed by atoms with van der Waals surface area (Å²) in [6.07, 6.45) is 4.34. The van der Waals surface area contributed by atoms with E-state index in [1.54, 1.807) is 42.1 Å². The fourth-order valence-corrected chi connectivity index (χ4v) is 4.67. The van der Waals surface area contributed by atoms with Gasteiger partial charge in [0.05, 0.1) is 23.1 Å². The van der Waals surface area contributed by atoms with Crippen molar-refractivity contribution in [1.29, 1.82) is 0 Å². The number of hydrogen-bond acceptors (Lipinski definition) is 6. The lowest BCUT2D eigenvalue weighted by Crippen LogP contribution is -2.33. The summed E-state index contributed by atoms with van der Waals surface area (Å²) in [6, 6.07) is 4.12. The fourth-order valence-electron chi connectivity index (χ4n) is 2.77. The van der Waals surface area contributed by atoms with Crippen LogP contribution in [-0.4, -0.2) is 22.3 Å². The maximum Gasteiger partial charge on any atom is 0.219 e. The van der Waals surface area contributed by atoms with E-state index in [4.69, 9.17) is 4.42 Å². The van der Waals surface area contributed by atoms with Crippen LogP contribution in [0.5, 0.6) is 0 Å². The minimum atomic E-state index is 0.146. The van der Waals surface area contributed by atoms with Crippen molar-refractivity contribution < 1.29 is 9.21 Å². The van der Waals surface area contributed by atoms with Gasteiger partial charge in [-0.25, -0.2) is 4.98 Å². The van der Waals surface area contributed by atoms with Gasteiger partial charge in [0, 0.05) is 42.4 Å². The van der Waals surface area contributed by atoms with Crippen LogP contribution in [-0.2, 0) is 24.3 Å². The third-order valence-electron chi connectivity index (χ3n) is 4.09. The predicted octanol–water partition coefficient (Wildman–Crippen LogP) is 3.98. The van der Waals surface area contributed by atoms with E-state index < -0.39 is 0 Å². The van der Waals surface area contributed by atoms with Gasteiger partial charge >= 0.3 is 0 Å². The first-order valence-electron chi connectivity index (χ1n) is 7.77. The second kappa shape index (κ2) is 6.41. The van der Waals surface area contributed by atoms with Gasteiger partial charge in [0.1, 0.15) is 0 Å². The highest BCUT2D eigenvalue weighted by Gasteiger charge is 2.21. The van der Waals surface area contributed by atoms with E-state index in [9.17, 15) is 4.79 Å². The molecule has 5 nitrogen and oxygen atoms in total. The molecule has 124 valence electrons. The maximum absolute atomic E-state index is 11.6. The highest BCUT2D eigenvalue weighted by molar-refractivity contribution is 7.17. The Morgan fingerprint density at radius 1 is 1.50 bits per heavy atom. The molecule has 0 spiro atoms. The van der Waals surface area contributed by atoms with E-state index in [2.05, 4.69) is 21.7 Å². The van der Waals surface area contributed by atoms with Crippen molar-refractivity contribution in [2.24, 2.45) is 0 Å². The molecule has 3 aromatic rings. The van der Waals surface area contributed by atoms with E-state index in [0.717, 1.165) is 35.9 Å². The van der Waals surface area contributed by atoms with Gasteiger partial charge in [0.15, 0.2) is 5.13 Å². The van der Waals surface area contributed by atoms with Crippen molar-refractivity contribution >= 4 is 33.7 Å². The molecule has 0 atom stereocenters. The zero-order valence-corrected chi connectivity index (χ0v) is 14.9. The molecule has 1 aliphatic heterocycles. The van der Waals surface area contributed by atoms with Crippen molar-refractivity contribution in [1.82, 2.24) is 9.88 Å². The number of carbonyl (C=O) groups excluding carboxylic acids is 1. The van der Waals surface area contributed by atoms with E-state index in [-0.39, 0.29) is 5.91 Å². The Morgan fingerprint density at radius 3 is 3.21 bits per heavy atom. The van der Waals surface area contributed by atoms with Crippen LogP contribution in [0.25, 0.3) is 10.6 Å². The molecule has 0 fully saturated rings. The molecule has 7 heteroatoms. The number of nitrogens with one attached hydrogen (secondary N) is 1. The molecule has 0 saturated heterocycles. The average molecular weight is 359 g/mol. The number of anilines is 1. The van der Waals surface area contributed by atoms with E-state index >= 15 is 0 Å². The van der Waals surface area contributed by atoms with Gasteiger partial charge in [0.25, 0.3) is 0 Å². The molecule has 24 heavy (non-hydrogen) atoms. The van der Waals surface area contributed by atoms with Crippen LogP contribution in [0.4, 0.5) is 5.13 Å². The minimum absolute atomic E-state index is 0.146. The Kier molecular flexibility index (Phi) is 4.12. The molecule has 1 aliphatic rings. The number of thiophene rings is 1. The van der Waals surface area contributed by atoms with E-state index in [1.807, 2.05) is 11.0 Å². The van der Waals surface area contributed by atoms with Crippen molar-refractivity contribution in [3.63, 3.8) is 0 Å². The summed E-state index contributed by atoms with van der Waals surface area (Å²) in [6.45, 7) is 3.88. The summed E-state index contributed by atoms with van der Waals surface area (Å²) in [4.78, 5) is 20.7. The highest BCUT2D eigenvalue weighted by atomic mass is 32.1. The Balaban J connectivity index is 1.48. The van der Waals surface area contributed by atoms with Crippen molar-refractivity contribution in [3.8, 4) is 10.6 Å². The summed E-state index contributed by atoms with van der Waals surface area (Å²) < 4.78 is 5.07. The van der Waals surface area contributed by atoms with Gasteiger partial charge < -0.3 is 14.6 Å². The zero-order chi connectivity index (χ0) is 16.5. The second-order valence-electron chi connectivity index (χ2n) is 5.77. The predicted molar refractivity (Wildman–Crippen MR) is 96.3 cm³/mol. The summed E-state index contributed by atoms with van der Waals surface area (Å²) in [7, 11) is 0. The molecule has 4 heterocycles. The van der Waals surface area contributed by atoms with Crippen LogP contribution in [0, 0.1) is 0 Å². The number of rotatable bonds is 4. The normalized spacial score (nSPS) is 13.8. The van der Waals surface area contributed by atoms with E-state index in [0.29, 0.717) is 6.54 Å². The standard InChI is InChI=1S/C17H17N3O2S2/c1-11(21)20-4-2-15-13(8-20)6-16(24-15)14-10-23-17(19-14)18-7-12-3-5-22-9-12/h3,5-6,9-10H,2,4,7-8H2,1H3,(H,18,19). The summed E-state index contributed by atoms with van der Waals surface area (Å²) >= 11 is 3.40. The lowest BCUT2D eigenvalue weighted by atomic mass is 10.1. The number of hydrogen-bond donors (Lipinski definition) is 1. The molecule has 4 rings (SSSR count). The quantitative estimate of drug-likeness (QED) is 0.765. The third kappa shape index (κ3) is 3.09. The lowest BCUT2D eigenvalue weighted by Gasteiger charge is -2.25. The van der Waals surface area contributed by atoms with Gasteiger partial charge in [-0.05, 0) is 24.1 Å². The molecule has 3 aromatic heterocycles. The molecular formula is C17H17N3O2S2. The molecule has 0 unspecified atom stereocenters. The molecule has 0 bridgehead atoms. The third-order valence-corrected chi connectivity index (χ3v) is 6.15. The Morgan fingerprint density at radius 2 is 2.42 bits per heavy atom. The van der Waals surface area contributed by atoms with Crippen LogP contribution in [0.3, 0.4) is 0 Å². The van der Waals surface area contributed by atoms with Gasteiger partial charge in [-0.15, -0.1) is 22.7 Å². The first-order valence-corrected chi connectivity index (χ1v) is 9.46. The Bertz CT molecular complexity index is 851. The Labute approximate surface area is 147 Å². The van der Waals surface area contributed by atoms with E-state index in [1.165, 1.54) is 15.3 Å². The van der Waals surface area contributed by atoms with Gasteiger partial charge in [-0.1, -0.05) is 0 Å². The first-order chi connectivity index (χ1) is 11.7. The average Bonchev–Trinajstić information content (AvgIpc) is 3.31. The first kappa shape index (κ1) is 15.4. The van der Waals surface area contributed by atoms with Gasteiger partial charge in [-0.2, -0.15) is 0 Å². The molecule has 0 radical (unpaired) electrons. The SMILES string of the molecule is CC(=O)N1CCc2sc(-c3csc(NCc4ccoc4)n3)cc2C1. The number of furan rings is 1. The maximum atomic E-state index is 11.6. The van der Waals surface area contributed by atoms with Crippen molar-refractivity contribution in [2.75, 3.05) is 11.9 Å². The lowest BCUT2D eigenvalue weighted by molar-refractivity contribution is -0.129. The summed E-state index contributed by atoms with van der Waals surface area (Å²) in [5.41, 5.74) is 3.36. The van der Waals surface area contributed by atoms with Gasteiger partial charge in [0.2, 0.25) is 5.91 Å². The molecule has 1 N–H and O–H groups in total. The number of nitrogens with zero attached hydrogens (tertiary/aromatic N) is 2. The van der Waals surface area contributed by atoms with Crippen molar-refractivity contribution in [2.45, 2.75) is 26.4 Å². The van der Waals surface area contributed by atoms with Crippen LogP contribution >= 0.6 is 22.7 Å². The highest BCUT2D eigenvalue weighted by Crippen LogP contribution is 2.36. The Hall–Kier alpha value is -2.12. The van der Waals surface area contributed by atoms with Crippen molar-refractivity contribution in [3.05, 3.63) is 46.0 Å². The molecule has 0 saturated carbocycles. The smallest absolute Gasteiger partial charge is 0.219 e. The fraction of sp³-hybridized carbons (Fsp3) is 0.294. The molecular weight excluding hydrogens is 342 g/mol. The van der Waals surface area contributed by atoms with Crippen LogP contribution in [0.15, 0.2) is 34.5 Å².